The molecular weight excluding hydrogens is 639 g/mol. The zero-order valence-corrected chi connectivity index (χ0v) is 28.3. The predicted octanol–water partition coefficient (Wildman–Crippen LogP) is 13.0. The van der Waals surface area contributed by atoms with Gasteiger partial charge in [0.1, 0.15) is 5.65 Å². The minimum absolute atomic E-state index is 0.947. The van der Waals surface area contributed by atoms with Crippen molar-refractivity contribution in [2.75, 3.05) is 0 Å². The Labute approximate surface area is 297 Å². The zero-order chi connectivity index (χ0) is 33.5. The monoisotopic (exact) mass is 667 g/mol. The van der Waals surface area contributed by atoms with Gasteiger partial charge in [-0.15, -0.1) is 11.3 Å². The van der Waals surface area contributed by atoms with Crippen LogP contribution < -0.4 is 0 Å². The van der Waals surface area contributed by atoms with E-state index in [1.807, 2.05) is 35.7 Å². The highest BCUT2D eigenvalue weighted by Crippen LogP contribution is 2.49. The van der Waals surface area contributed by atoms with Crippen LogP contribution in [0, 0.1) is 0 Å². The number of nitrogens with zero attached hydrogens (tertiary/aromatic N) is 3. The Hall–Kier alpha value is -6.49. The maximum atomic E-state index is 4.89. The summed E-state index contributed by atoms with van der Waals surface area (Å²) >= 11 is 1.91. The molecule has 4 aromatic heterocycles. The second-order valence-electron chi connectivity index (χ2n) is 13.2. The fourth-order valence-corrected chi connectivity index (χ4v) is 9.23. The summed E-state index contributed by atoms with van der Waals surface area (Å²) in [6.45, 7) is 0. The lowest BCUT2D eigenvalue weighted by atomic mass is 9.97. The third-order valence-electron chi connectivity index (χ3n) is 10.3. The molecule has 0 N–H and O–H groups in total. The van der Waals surface area contributed by atoms with Crippen LogP contribution in [0.3, 0.4) is 0 Å². The van der Waals surface area contributed by atoms with Crippen LogP contribution in [0.25, 0.3) is 97.6 Å². The molecule has 0 fully saturated rings. The summed E-state index contributed by atoms with van der Waals surface area (Å²) in [6.07, 6.45) is 4.15. The van der Waals surface area contributed by atoms with Gasteiger partial charge in [0, 0.05) is 60.0 Å². The van der Waals surface area contributed by atoms with Gasteiger partial charge in [0.05, 0.1) is 16.7 Å². The van der Waals surface area contributed by atoms with E-state index < -0.39 is 0 Å². The Bertz CT molecular complexity index is 3080. The molecule has 0 radical (unpaired) electrons. The van der Waals surface area contributed by atoms with Gasteiger partial charge in [-0.1, -0.05) is 115 Å². The summed E-state index contributed by atoms with van der Waals surface area (Å²) in [6, 6.07) is 59.4. The normalized spacial score (nSPS) is 11.9. The van der Waals surface area contributed by atoms with Gasteiger partial charge in [0.25, 0.3) is 0 Å². The van der Waals surface area contributed by atoms with Crippen LogP contribution in [0.2, 0.25) is 0 Å². The van der Waals surface area contributed by atoms with Gasteiger partial charge in [-0.25, -0.2) is 4.98 Å². The van der Waals surface area contributed by atoms with Crippen LogP contribution >= 0.6 is 11.3 Å². The van der Waals surface area contributed by atoms with Crippen molar-refractivity contribution in [2.24, 2.45) is 0 Å². The third-order valence-corrected chi connectivity index (χ3v) is 11.5. The van der Waals surface area contributed by atoms with E-state index in [2.05, 4.69) is 161 Å². The minimum Gasteiger partial charge on any atom is -0.309 e. The van der Waals surface area contributed by atoms with Crippen molar-refractivity contribution in [1.82, 2.24) is 14.0 Å². The van der Waals surface area contributed by atoms with Crippen molar-refractivity contribution < 1.29 is 0 Å². The lowest BCUT2D eigenvalue weighted by molar-refractivity contribution is 1.18. The van der Waals surface area contributed by atoms with Crippen molar-refractivity contribution >= 4 is 69.7 Å². The predicted molar refractivity (Wildman–Crippen MR) is 216 cm³/mol. The molecule has 0 saturated heterocycles. The minimum atomic E-state index is 0.947. The van der Waals surface area contributed by atoms with Crippen LogP contribution in [-0.4, -0.2) is 14.0 Å². The smallest absolute Gasteiger partial charge is 0.137 e. The summed E-state index contributed by atoms with van der Waals surface area (Å²) in [5.41, 5.74) is 11.5. The van der Waals surface area contributed by atoms with Gasteiger partial charge in [0.15, 0.2) is 0 Å². The molecule has 0 bridgehead atoms. The molecular formula is C47H29N3S. The van der Waals surface area contributed by atoms with Crippen molar-refractivity contribution in [3.8, 4) is 39.2 Å². The molecule has 0 saturated carbocycles. The molecule has 0 atom stereocenters. The van der Waals surface area contributed by atoms with E-state index in [9.17, 15) is 0 Å². The maximum absolute atomic E-state index is 4.89. The third kappa shape index (κ3) is 4.33. The first-order chi connectivity index (χ1) is 25.3. The Morgan fingerprint density at radius 3 is 1.86 bits per heavy atom. The molecule has 0 amide bonds. The number of aromatic nitrogens is 3. The Morgan fingerprint density at radius 1 is 0.471 bits per heavy atom. The average Bonchev–Trinajstić information content (AvgIpc) is 3.90. The molecule has 0 spiro atoms. The summed E-state index contributed by atoms with van der Waals surface area (Å²) in [5.74, 6) is 0. The van der Waals surface area contributed by atoms with Crippen LogP contribution in [0.1, 0.15) is 0 Å². The van der Waals surface area contributed by atoms with Gasteiger partial charge < -0.3 is 8.97 Å². The molecule has 11 rings (SSSR count). The fraction of sp³-hybridized carbons (Fsp3) is 0. The van der Waals surface area contributed by atoms with E-state index in [0.717, 1.165) is 22.6 Å². The molecule has 11 aromatic rings. The van der Waals surface area contributed by atoms with Crippen molar-refractivity contribution in [2.45, 2.75) is 0 Å². The SMILES string of the molecule is c1ccc(-c2ccc3sc4c(c3c2)c2ccccc2c2c4c3cc(-c4ccccc4)ccc3n2-c2ccc(-c3cn4ccccc4n3)cc2)cc1. The van der Waals surface area contributed by atoms with Gasteiger partial charge in [-0.2, -0.15) is 0 Å². The summed E-state index contributed by atoms with van der Waals surface area (Å²) in [7, 11) is 0. The molecule has 51 heavy (non-hydrogen) atoms. The summed E-state index contributed by atoms with van der Waals surface area (Å²) in [5, 5.41) is 7.76. The first-order valence-corrected chi connectivity index (χ1v) is 18.1. The molecule has 7 aromatic carbocycles. The highest BCUT2D eigenvalue weighted by atomic mass is 32.1. The van der Waals surface area contributed by atoms with Gasteiger partial charge in [-0.3, -0.25) is 0 Å². The molecule has 0 aliphatic rings. The van der Waals surface area contributed by atoms with Crippen LogP contribution in [0.4, 0.5) is 0 Å². The highest BCUT2D eigenvalue weighted by molar-refractivity contribution is 7.27. The van der Waals surface area contributed by atoms with Gasteiger partial charge >= 0.3 is 0 Å². The van der Waals surface area contributed by atoms with Crippen molar-refractivity contribution in [1.29, 1.82) is 0 Å². The quantitative estimate of drug-likeness (QED) is 0.183. The number of rotatable bonds is 4. The highest BCUT2D eigenvalue weighted by Gasteiger charge is 2.22. The Kier molecular flexibility index (Phi) is 6.12. The van der Waals surface area contributed by atoms with E-state index in [4.69, 9.17) is 4.98 Å². The molecule has 4 heteroatoms. The zero-order valence-electron chi connectivity index (χ0n) is 27.5. The standard InChI is InChI=1S/C47H29N3S/c1-3-11-30(12-4-1)33-20-24-41-38(27-33)45-46(50(41)35-22-18-32(19-23-35)40-29-49-26-10-9-17-43(49)48-40)37-16-8-7-15-36(37)44-39-28-34(31-13-5-2-6-14-31)21-25-42(39)51-47(44)45/h1-29H. The first kappa shape index (κ1) is 28.4. The fourth-order valence-electron chi connectivity index (χ4n) is 7.97. The van der Waals surface area contributed by atoms with Crippen LogP contribution in [0.5, 0.6) is 0 Å². The summed E-state index contributed by atoms with van der Waals surface area (Å²) in [4.78, 5) is 4.89. The van der Waals surface area contributed by atoms with Crippen molar-refractivity contribution in [3.05, 3.63) is 176 Å². The Balaban J connectivity index is 1.23. The van der Waals surface area contributed by atoms with Crippen LogP contribution in [0.15, 0.2) is 176 Å². The van der Waals surface area contributed by atoms with E-state index in [1.54, 1.807) is 0 Å². The van der Waals surface area contributed by atoms with E-state index >= 15 is 0 Å². The number of thiophene rings is 1. The number of pyridine rings is 1. The second-order valence-corrected chi connectivity index (χ2v) is 14.3. The van der Waals surface area contributed by atoms with E-state index in [1.165, 1.54) is 75.0 Å². The molecule has 0 aliphatic carbocycles. The molecule has 0 aliphatic heterocycles. The maximum Gasteiger partial charge on any atom is 0.137 e. The van der Waals surface area contributed by atoms with Gasteiger partial charge in [0.2, 0.25) is 0 Å². The number of fused-ring (bicyclic) bond motifs is 11. The molecule has 3 nitrogen and oxygen atoms in total. The second kappa shape index (κ2) is 11.0. The number of benzene rings is 7. The van der Waals surface area contributed by atoms with Gasteiger partial charge in [-0.05, 0) is 76.2 Å². The molecule has 0 unspecified atom stereocenters. The van der Waals surface area contributed by atoms with Crippen LogP contribution in [-0.2, 0) is 0 Å². The number of hydrogen-bond acceptors (Lipinski definition) is 2. The number of imidazole rings is 1. The topological polar surface area (TPSA) is 22.2 Å². The first-order valence-electron chi connectivity index (χ1n) is 17.3. The average molecular weight is 668 g/mol. The van der Waals surface area contributed by atoms with E-state index in [-0.39, 0.29) is 0 Å². The number of hydrogen-bond donors (Lipinski definition) is 0. The lowest BCUT2D eigenvalue weighted by Crippen LogP contribution is -1.95. The summed E-state index contributed by atoms with van der Waals surface area (Å²) < 4.78 is 7.19. The Morgan fingerprint density at radius 2 is 1.12 bits per heavy atom. The van der Waals surface area contributed by atoms with E-state index in [0.29, 0.717) is 0 Å². The molecule has 238 valence electrons. The lowest BCUT2D eigenvalue weighted by Gasteiger charge is -2.12. The molecule has 4 heterocycles. The largest absolute Gasteiger partial charge is 0.309 e. The van der Waals surface area contributed by atoms with Crippen molar-refractivity contribution in [3.63, 3.8) is 0 Å².